The van der Waals surface area contributed by atoms with E-state index >= 15 is 0 Å². The van der Waals surface area contributed by atoms with Gasteiger partial charge in [-0.15, -0.1) is 0 Å². The molecule has 1 saturated heterocycles. The van der Waals surface area contributed by atoms with Gasteiger partial charge >= 0.3 is 5.97 Å². The third-order valence-electron chi connectivity index (χ3n) is 5.15. The van der Waals surface area contributed by atoms with Crippen molar-refractivity contribution in [1.82, 2.24) is 10.2 Å². The summed E-state index contributed by atoms with van der Waals surface area (Å²) in [6, 6.07) is 0. The Labute approximate surface area is 123 Å². The Hall–Kier alpha value is -0.610. The molecule has 0 aromatic carbocycles. The molecule has 0 radical (unpaired) electrons. The van der Waals surface area contributed by atoms with Crippen LogP contribution in [-0.4, -0.2) is 49.7 Å². The number of nitrogens with zero attached hydrogens (tertiary/aromatic N) is 1. The van der Waals surface area contributed by atoms with E-state index in [0.29, 0.717) is 12.5 Å². The van der Waals surface area contributed by atoms with Crippen molar-refractivity contribution in [2.24, 2.45) is 5.92 Å². The summed E-state index contributed by atoms with van der Waals surface area (Å²) in [5.74, 6) is 0.386. The summed E-state index contributed by atoms with van der Waals surface area (Å²) in [5, 5.41) is 3.31. The highest BCUT2D eigenvalue weighted by Crippen LogP contribution is 2.39. The fourth-order valence-corrected chi connectivity index (χ4v) is 3.95. The highest BCUT2D eigenvalue weighted by molar-refractivity contribution is 5.81. The molecule has 2 rings (SSSR count). The molecule has 4 nitrogen and oxygen atoms in total. The van der Waals surface area contributed by atoms with E-state index in [1.54, 1.807) is 0 Å². The zero-order chi connectivity index (χ0) is 14.4. The Bertz CT molecular complexity index is 316. The normalized spacial score (nSPS) is 31.4. The molecule has 0 bridgehead atoms. The summed E-state index contributed by atoms with van der Waals surface area (Å²) in [6.07, 6.45) is 8.35. The molecule has 20 heavy (non-hydrogen) atoms. The summed E-state index contributed by atoms with van der Waals surface area (Å²) >= 11 is 0. The van der Waals surface area contributed by atoms with Crippen LogP contribution in [0.3, 0.4) is 0 Å². The van der Waals surface area contributed by atoms with Gasteiger partial charge in [-0.25, -0.2) is 0 Å². The molecule has 116 valence electrons. The van der Waals surface area contributed by atoms with Gasteiger partial charge in [0, 0.05) is 0 Å². The molecule has 1 heterocycles. The van der Waals surface area contributed by atoms with Gasteiger partial charge in [0.2, 0.25) is 0 Å². The Morgan fingerprint density at radius 1 is 1.30 bits per heavy atom. The van der Waals surface area contributed by atoms with Crippen molar-refractivity contribution in [2.45, 2.75) is 57.4 Å². The molecule has 2 unspecified atom stereocenters. The second-order valence-corrected chi connectivity index (χ2v) is 6.22. The average molecular weight is 282 g/mol. The molecule has 1 N–H and O–H groups in total. The molecule has 4 heteroatoms. The van der Waals surface area contributed by atoms with Crippen molar-refractivity contribution in [1.29, 1.82) is 0 Å². The molecule has 1 aliphatic heterocycles. The smallest absolute Gasteiger partial charge is 0.326 e. The van der Waals surface area contributed by atoms with Crippen LogP contribution in [0.2, 0.25) is 0 Å². The highest BCUT2D eigenvalue weighted by atomic mass is 16.5. The highest BCUT2D eigenvalue weighted by Gasteiger charge is 2.48. The van der Waals surface area contributed by atoms with Gasteiger partial charge in [-0.1, -0.05) is 12.8 Å². The fraction of sp³-hybridized carbons (Fsp3) is 0.938. The molecule has 2 aliphatic rings. The van der Waals surface area contributed by atoms with Gasteiger partial charge in [0.05, 0.1) is 6.61 Å². The van der Waals surface area contributed by atoms with Crippen LogP contribution in [0.5, 0.6) is 0 Å². The quantitative estimate of drug-likeness (QED) is 0.758. The maximum atomic E-state index is 12.4. The number of hydrogen-bond acceptors (Lipinski definition) is 4. The second kappa shape index (κ2) is 7.41. The van der Waals surface area contributed by atoms with Gasteiger partial charge in [-0.05, 0) is 71.6 Å². The standard InChI is InChI=1S/C16H30N2O2/c1-3-20-15(19)16(17-2)10-7-8-14(16)9-13-18-11-5-4-6-12-18/h14,17H,3-13H2,1-2H3. The first-order valence-corrected chi connectivity index (χ1v) is 8.31. The van der Waals surface area contributed by atoms with Gasteiger partial charge in [0.25, 0.3) is 0 Å². The molecule has 0 aromatic heterocycles. The van der Waals surface area contributed by atoms with Crippen molar-refractivity contribution >= 4 is 5.97 Å². The fourth-order valence-electron chi connectivity index (χ4n) is 3.95. The predicted molar refractivity (Wildman–Crippen MR) is 80.7 cm³/mol. The van der Waals surface area contributed by atoms with Gasteiger partial charge in [0.15, 0.2) is 0 Å². The summed E-state index contributed by atoms with van der Waals surface area (Å²) in [5.41, 5.74) is -0.425. The summed E-state index contributed by atoms with van der Waals surface area (Å²) in [6.45, 7) is 5.96. The number of piperidine rings is 1. The molecule has 1 aliphatic carbocycles. The summed E-state index contributed by atoms with van der Waals surface area (Å²) < 4.78 is 5.33. The number of carbonyl (C=O) groups is 1. The maximum Gasteiger partial charge on any atom is 0.326 e. The number of esters is 1. The maximum absolute atomic E-state index is 12.4. The summed E-state index contributed by atoms with van der Waals surface area (Å²) in [4.78, 5) is 14.9. The van der Waals surface area contributed by atoms with Crippen LogP contribution in [0.4, 0.5) is 0 Å². The van der Waals surface area contributed by atoms with E-state index < -0.39 is 5.54 Å². The van der Waals surface area contributed by atoms with Crippen LogP contribution in [0, 0.1) is 5.92 Å². The Morgan fingerprint density at radius 3 is 2.70 bits per heavy atom. The average Bonchev–Trinajstić information content (AvgIpc) is 2.90. The van der Waals surface area contributed by atoms with E-state index in [4.69, 9.17) is 4.74 Å². The number of hydrogen-bond donors (Lipinski definition) is 1. The zero-order valence-electron chi connectivity index (χ0n) is 13.1. The largest absolute Gasteiger partial charge is 0.465 e. The minimum Gasteiger partial charge on any atom is -0.465 e. The zero-order valence-corrected chi connectivity index (χ0v) is 13.1. The van der Waals surface area contributed by atoms with Crippen LogP contribution in [0.15, 0.2) is 0 Å². The lowest BCUT2D eigenvalue weighted by Crippen LogP contribution is -2.54. The van der Waals surface area contributed by atoms with Gasteiger partial charge in [-0.2, -0.15) is 0 Å². The van der Waals surface area contributed by atoms with Gasteiger partial charge < -0.3 is 15.0 Å². The van der Waals surface area contributed by atoms with E-state index in [0.717, 1.165) is 32.2 Å². The van der Waals surface area contributed by atoms with Crippen molar-refractivity contribution in [3.8, 4) is 0 Å². The number of rotatable bonds is 6. The van der Waals surface area contributed by atoms with Crippen molar-refractivity contribution in [2.75, 3.05) is 33.3 Å². The van der Waals surface area contributed by atoms with Gasteiger partial charge in [0.1, 0.15) is 5.54 Å². The number of ether oxygens (including phenoxy) is 1. The number of nitrogens with one attached hydrogen (secondary N) is 1. The lowest BCUT2D eigenvalue weighted by molar-refractivity contribution is -0.153. The third kappa shape index (κ3) is 3.34. The first-order chi connectivity index (χ1) is 9.73. The lowest BCUT2D eigenvalue weighted by atomic mass is 9.84. The number of likely N-dealkylation sites (N-methyl/N-ethyl adjacent to an activating group) is 1. The molecular weight excluding hydrogens is 252 g/mol. The SMILES string of the molecule is CCOC(=O)C1(NC)CCCC1CCN1CCCCC1. The first kappa shape index (κ1) is 15.8. The molecule has 1 saturated carbocycles. The van der Waals surface area contributed by atoms with Crippen LogP contribution < -0.4 is 5.32 Å². The van der Waals surface area contributed by atoms with E-state index in [-0.39, 0.29) is 5.97 Å². The van der Waals surface area contributed by atoms with Gasteiger partial charge in [-0.3, -0.25) is 4.79 Å². The van der Waals surface area contributed by atoms with E-state index in [9.17, 15) is 4.79 Å². The summed E-state index contributed by atoms with van der Waals surface area (Å²) in [7, 11) is 1.91. The Kier molecular flexibility index (Phi) is 5.85. The van der Waals surface area contributed by atoms with E-state index in [1.807, 2.05) is 14.0 Å². The molecule has 2 fully saturated rings. The lowest BCUT2D eigenvalue weighted by Gasteiger charge is -2.35. The molecular formula is C16H30N2O2. The van der Waals surface area contributed by atoms with Crippen LogP contribution >= 0.6 is 0 Å². The van der Waals surface area contributed by atoms with E-state index in [1.165, 1.54) is 32.4 Å². The monoisotopic (exact) mass is 282 g/mol. The molecule has 2 atom stereocenters. The first-order valence-electron chi connectivity index (χ1n) is 8.31. The predicted octanol–water partition coefficient (Wildman–Crippen LogP) is 2.18. The van der Waals surface area contributed by atoms with E-state index in [2.05, 4.69) is 10.2 Å². The molecule has 0 spiro atoms. The number of carbonyl (C=O) groups excluding carboxylic acids is 1. The van der Waals surface area contributed by atoms with Crippen LogP contribution in [0.1, 0.15) is 51.9 Å². The van der Waals surface area contributed by atoms with Crippen molar-refractivity contribution in [3.63, 3.8) is 0 Å². The Morgan fingerprint density at radius 2 is 2.05 bits per heavy atom. The Balaban J connectivity index is 1.92. The minimum absolute atomic E-state index is 0.0383. The minimum atomic E-state index is -0.425. The number of likely N-dealkylation sites (tertiary alicyclic amines) is 1. The topological polar surface area (TPSA) is 41.6 Å². The molecule has 0 aromatic rings. The molecule has 0 amide bonds. The van der Waals surface area contributed by atoms with Crippen LogP contribution in [-0.2, 0) is 9.53 Å². The third-order valence-corrected chi connectivity index (χ3v) is 5.15. The van der Waals surface area contributed by atoms with Crippen molar-refractivity contribution < 1.29 is 9.53 Å². The van der Waals surface area contributed by atoms with Crippen molar-refractivity contribution in [3.05, 3.63) is 0 Å². The van der Waals surface area contributed by atoms with Crippen LogP contribution in [0.25, 0.3) is 0 Å². The second-order valence-electron chi connectivity index (χ2n) is 6.22.